The molecule has 278 valence electrons. The van der Waals surface area contributed by atoms with Crippen molar-refractivity contribution in [1.82, 2.24) is 15.5 Å². The van der Waals surface area contributed by atoms with E-state index >= 15 is 0 Å². The van der Waals surface area contributed by atoms with E-state index in [1.807, 2.05) is 11.8 Å². The molecule has 0 aromatic carbocycles. The van der Waals surface area contributed by atoms with E-state index in [1.165, 1.54) is 0 Å². The quantitative estimate of drug-likeness (QED) is 0.0738. The van der Waals surface area contributed by atoms with Crippen LogP contribution in [-0.4, -0.2) is 131 Å². The number of carbonyl (C=O) groups excluding carboxylic acids is 4. The first-order valence-electron chi connectivity index (χ1n) is 18.2. The van der Waals surface area contributed by atoms with E-state index in [4.69, 9.17) is 23.7 Å². The van der Waals surface area contributed by atoms with Crippen LogP contribution in [0.4, 0.5) is 4.79 Å². The van der Waals surface area contributed by atoms with E-state index in [0.717, 1.165) is 50.7 Å². The van der Waals surface area contributed by atoms with Crippen molar-refractivity contribution in [1.29, 1.82) is 0 Å². The van der Waals surface area contributed by atoms with Gasteiger partial charge in [0.2, 0.25) is 5.91 Å². The van der Waals surface area contributed by atoms with Crippen molar-refractivity contribution in [2.45, 2.75) is 119 Å². The van der Waals surface area contributed by atoms with E-state index in [0.29, 0.717) is 109 Å². The smallest absolute Gasteiger partial charge is 0.315 e. The molecule has 2 fully saturated rings. The van der Waals surface area contributed by atoms with Gasteiger partial charge in [-0.3, -0.25) is 14.4 Å². The molecule has 0 spiro atoms. The molecule has 3 heterocycles. The second-order valence-corrected chi connectivity index (χ2v) is 14.2. The number of Topliss-reactive ketones (excluding diaryl/α,β-unsaturated/α-hetero) is 2. The molecule has 12 nitrogen and oxygen atoms in total. The number of thioether (sulfide) groups is 1. The summed E-state index contributed by atoms with van der Waals surface area (Å²) in [5.41, 5.74) is 0. The van der Waals surface area contributed by atoms with Crippen molar-refractivity contribution in [3.8, 4) is 11.8 Å². The molecule has 3 rings (SSSR count). The van der Waals surface area contributed by atoms with Crippen LogP contribution < -0.4 is 10.6 Å². The molecule has 0 aromatic rings. The zero-order valence-corrected chi connectivity index (χ0v) is 30.5. The first kappa shape index (κ1) is 41.2. The summed E-state index contributed by atoms with van der Waals surface area (Å²) in [6.07, 6.45) is 9.26. The number of unbranched alkanes of at least 4 members (excludes halogenated alkanes) is 3. The number of ether oxygens (including phenoxy) is 5. The van der Waals surface area contributed by atoms with Gasteiger partial charge in [-0.2, -0.15) is 11.8 Å². The summed E-state index contributed by atoms with van der Waals surface area (Å²) in [6, 6.07) is 0.449. The Morgan fingerprint density at radius 1 is 0.776 bits per heavy atom. The number of nitrogens with one attached hydrogen (secondary N) is 2. The first-order valence-corrected chi connectivity index (χ1v) is 19.2. The van der Waals surface area contributed by atoms with Gasteiger partial charge in [0.1, 0.15) is 23.8 Å². The number of hydrogen-bond acceptors (Lipinski definition) is 10. The maximum atomic E-state index is 12.7. The molecule has 13 heteroatoms. The van der Waals surface area contributed by atoms with Crippen LogP contribution in [-0.2, 0) is 38.1 Å². The minimum Gasteiger partial charge on any atom is -0.379 e. The molecule has 0 aliphatic carbocycles. The average molecular weight is 710 g/mol. The summed E-state index contributed by atoms with van der Waals surface area (Å²) < 4.78 is 27.6. The fourth-order valence-electron chi connectivity index (χ4n) is 6.25. The zero-order valence-electron chi connectivity index (χ0n) is 29.7. The summed E-state index contributed by atoms with van der Waals surface area (Å²) in [7, 11) is 3.19. The van der Waals surface area contributed by atoms with Crippen LogP contribution in [0.15, 0.2) is 0 Å². The maximum absolute atomic E-state index is 12.7. The second-order valence-electron chi connectivity index (χ2n) is 12.9. The van der Waals surface area contributed by atoms with Gasteiger partial charge >= 0.3 is 6.03 Å². The highest BCUT2D eigenvalue weighted by molar-refractivity contribution is 8.00. The van der Waals surface area contributed by atoms with E-state index in [1.54, 1.807) is 19.1 Å². The number of rotatable bonds is 27. The van der Waals surface area contributed by atoms with Crippen molar-refractivity contribution in [3.63, 3.8) is 0 Å². The third-order valence-electron chi connectivity index (χ3n) is 9.11. The highest BCUT2D eigenvalue weighted by Crippen LogP contribution is 2.33. The standard InChI is InChI=1S/C36H59N3O9S/c1-44-31-16-5-8-19-39(26-32(31)45-2)34(42)18-11-15-29(41)14-7-10-21-47-23-25-48-24-22-46-20-9-6-13-28(40)12-3-4-17-33-35-30(27-49-33)37-36(43)38-35/h30-33,35H,3-4,6-15,17-27H2,1-2H3,(H2,37,38,43)/t30-,31-,32-,33-,35-/m0/s1. The molecular weight excluding hydrogens is 650 g/mol. The Morgan fingerprint density at radius 2 is 1.39 bits per heavy atom. The van der Waals surface area contributed by atoms with Gasteiger partial charge in [-0.25, -0.2) is 4.79 Å². The summed E-state index contributed by atoms with van der Waals surface area (Å²) in [6.45, 7) is 4.24. The summed E-state index contributed by atoms with van der Waals surface area (Å²) in [5.74, 6) is 7.59. The van der Waals surface area contributed by atoms with Gasteiger partial charge in [0.15, 0.2) is 0 Å². The first-order chi connectivity index (χ1) is 23.9. The van der Waals surface area contributed by atoms with E-state index < -0.39 is 0 Å². The predicted molar refractivity (Wildman–Crippen MR) is 189 cm³/mol. The SMILES string of the molecule is CO[C@H]1C#CCCN(C(=O)CCCC(=O)CCCCOCCOCCOCCCCC(=O)CCCC[C@@H]2SC[C@@H]3NC(=O)N[C@@H]32)C[C@@H]1OC. The lowest BCUT2D eigenvalue weighted by atomic mass is 10.0. The minimum absolute atomic E-state index is 0.0233. The zero-order chi connectivity index (χ0) is 35.1. The van der Waals surface area contributed by atoms with Crippen LogP contribution in [0.2, 0.25) is 0 Å². The molecule has 3 aliphatic heterocycles. The lowest BCUT2D eigenvalue weighted by Crippen LogP contribution is -2.44. The van der Waals surface area contributed by atoms with Crippen molar-refractivity contribution < 1.29 is 42.9 Å². The molecule has 5 atom stereocenters. The monoisotopic (exact) mass is 709 g/mol. The topological polar surface area (TPSA) is 142 Å². The Hall–Kier alpha value is -2.21. The van der Waals surface area contributed by atoms with Gasteiger partial charge in [0, 0.05) is 83.5 Å². The summed E-state index contributed by atoms with van der Waals surface area (Å²) >= 11 is 1.92. The molecule has 0 saturated carbocycles. The Labute approximate surface area is 297 Å². The fourth-order valence-corrected chi connectivity index (χ4v) is 7.79. The van der Waals surface area contributed by atoms with Gasteiger partial charge < -0.3 is 39.2 Å². The third kappa shape index (κ3) is 16.6. The van der Waals surface area contributed by atoms with Crippen molar-refractivity contribution >= 4 is 35.3 Å². The number of nitrogens with zero attached hydrogens (tertiary/aromatic N) is 1. The van der Waals surface area contributed by atoms with E-state index in [9.17, 15) is 19.2 Å². The molecule has 2 N–H and O–H groups in total. The van der Waals surface area contributed by atoms with Crippen molar-refractivity contribution in [2.75, 3.05) is 72.7 Å². The van der Waals surface area contributed by atoms with E-state index in [-0.39, 0.29) is 42.0 Å². The Morgan fingerprint density at radius 3 is 2.02 bits per heavy atom. The molecule has 0 radical (unpaired) electrons. The number of urea groups is 1. The van der Waals surface area contributed by atoms with Crippen molar-refractivity contribution in [3.05, 3.63) is 0 Å². The van der Waals surface area contributed by atoms with Crippen LogP contribution in [0.25, 0.3) is 0 Å². The number of amides is 3. The molecule has 2 saturated heterocycles. The number of hydrogen-bond donors (Lipinski definition) is 2. The molecule has 0 bridgehead atoms. The second kappa shape index (κ2) is 24.9. The van der Waals surface area contributed by atoms with Gasteiger partial charge in [-0.1, -0.05) is 18.3 Å². The minimum atomic E-state index is -0.356. The average Bonchev–Trinajstić information content (AvgIpc) is 3.64. The predicted octanol–water partition coefficient (Wildman–Crippen LogP) is 3.68. The fraction of sp³-hybridized carbons (Fsp3) is 0.833. The van der Waals surface area contributed by atoms with Crippen LogP contribution >= 0.6 is 11.8 Å². The molecule has 0 aromatic heterocycles. The molecular formula is C36H59N3O9S. The number of ketones is 2. The Kier molecular flexibility index (Phi) is 20.9. The Bertz CT molecular complexity index is 1070. The van der Waals surface area contributed by atoms with Crippen LogP contribution in [0, 0.1) is 11.8 Å². The molecule has 49 heavy (non-hydrogen) atoms. The van der Waals surface area contributed by atoms with Gasteiger partial charge in [-0.05, 0) is 44.9 Å². The number of carbonyl (C=O) groups is 4. The maximum Gasteiger partial charge on any atom is 0.315 e. The largest absolute Gasteiger partial charge is 0.379 e. The van der Waals surface area contributed by atoms with Crippen LogP contribution in [0.5, 0.6) is 0 Å². The highest BCUT2D eigenvalue weighted by atomic mass is 32.2. The lowest BCUT2D eigenvalue weighted by Gasteiger charge is -2.30. The molecule has 3 aliphatic rings. The number of methoxy groups -OCH3 is 2. The van der Waals surface area contributed by atoms with E-state index in [2.05, 4.69) is 22.5 Å². The molecule has 3 amide bonds. The normalized spacial score (nSPS) is 23.2. The summed E-state index contributed by atoms with van der Waals surface area (Å²) in [4.78, 5) is 50.4. The number of fused-ring (bicyclic) bond motifs is 1. The van der Waals surface area contributed by atoms with Crippen molar-refractivity contribution in [2.24, 2.45) is 0 Å². The van der Waals surface area contributed by atoms with Gasteiger partial charge in [0.05, 0.1) is 45.1 Å². The Balaban J connectivity index is 1.03. The summed E-state index contributed by atoms with van der Waals surface area (Å²) in [5, 5.41) is 6.44. The van der Waals surface area contributed by atoms with Crippen LogP contribution in [0.1, 0.15) is 89.9 Å². The van der Waals surface area contributed by atoms with Gasteiger partial charge in [-0.15, -0.1) is 0 Å². The van der Waals surface area contributed by atoms with Crippen LogP contribution in [0.3, 0.4) is 0 Å². The van der Waals surface area contributed by atoms with Gasteiger partial charge in [0.25, 0.3) is 0 Å². The third-order valence-corrected chi connectivity index (χ3v) is 10.6. The lowest BCUT2D eigenvalue weighted by molar-refractivity contribution is -0.134. The highest BCUT2D eigenvalue weighted by Gasteiger charge is 2.42. The molecule has 0 unspecified atom stereocenters.